The Morgan fingerprint density at radius 2 is 2.50 bits per heavy atom. The number of hydrogen-bond acceptors (Lipinski definition) is 2. The molecule has 0 aliphatic heterocycles. The fourth-order valence-corrected chi connectivity index (χ4v) is 1.10. The number of nitrogens with one attached hydrogen (secondary N) is 2. The highest BCUT2D eigenvalue weighted by Crippen LogP contribution is 2.09. The van der Waals surface area contributed by atoms with Gasteiger partial charge in [-0.2, -0.15) is 0 Å². The molecule has 68 valence electrons. The van der Waals surface area contributed by atoms with E-state index in [0.717, 1.165) is 13.2 Å². The van der Waals surface area contributed by atoms with Crippen LogP contribution in [-0.4, -0.2) is 25.2 Å². The van der Waals surface area contributed by atoms with Gasteiger partial charge in [-0.15, -0.1) is 0 Å². The largest absolute Gasteiger partial charge is 0.383 e. The van der Waals surface area contributed by atoms with Gasteiger partial charge in [0.2, 0.25) is 0 Å². The molecule has 0 aliphatic rings. The molecule has 3 heteroatoms. The molecule has 0 amide bonds. The average molecular weight is 168 g/mol. The molecule has 1 rings (SSSR count). The fourth-order valence-electron chi connectivity index (χ4n) is 1.10. The summed E-state index contributed by atoms with van der Waals surface area (Å²) in [5.74, 6) is 0. The van der Waals surface area contributed by atoms with Crippen LogP contribution in [0.5, 0.6) is 0 Å². The summed E-state index contributed by atoms with van der Waals surface area (Å²) in [5.41, 5.74) is 1.28. The van der Waals surface area contributed by atoms with Crippen LogP contribution in [0, 0.1) is 0 Å². The molecule has 0 aromatic carbocycles. The van der Waals surface area contributed by atoms with Gasteiger partial charge in [-0.3, -0.25) is 0 Å². The Kier molecular flexibility index (Phi) is 3.84. The first-order chi connectivity index (χ1) is 5.84. The first-order valence-electron chi connectivity index (χ1n) is 4.19. The maximum absolute atomic E-state index is 4.94. The van der Waals surface area contributed by atoms with Gasteiger partial charge >= 0.3 is 0 Å². The number of hydrogen-bond donors (Lipinski definition) is 2. The van der Waals surface area contributed by atoms with Crippen molar-refractivity contribution >= 4 is 0 Å². The first-order valence-corrected chi connectivity index (χ1v) is 4.19. The minimum absolute atomic E-state index is 0.395. The summed E-state index contributed by atoms with van der Waals surface area (Å²) >= 11 is 0. The molecule has 0 saturated carbocycles. The molecule has 0 aliphatic carbocycles. The molecule has 0 bridgehead atoms. The van der Waals surface area contributed by atoms with Crippen molar-refractivity contribution in [3.63, 3.8) is 0 Å². The summed E-state index contributed by atoms with van der Waals surface area (Å²) in [6, 6.07) is 2.47. The molecule has 1 atom stereocenters. The fraction of sp³-hybridized carbons (Fsp3) is 0.556. The van der Waals surface area contributed by atoms with E-state index in [2.05, 4.69) is 23.3 Å². The molecule has 1 heterocycles. The number of aromatic nitrogens is 1. The third-order valence-corrected chi connectivity index (χ3v) is 1.88. The number of methoxy groups -OCH3 is 1. The van der Waals surface area contributed by atoms with Crippen molar-refractivity contribution in [2.24, 2.45) is 0 Å². The van der Waals surface area contributed by atoms with Crippen LogP contribution in [0.25, 0.3) is 0 Å². The molecule has 1 aromatic rings. The van der Waals surface area contributed by atoms with Crippen molar-refractivity contribution in [1.29, 1.82) is 0 Å². The Labute approximate surface area is 73.1 Å². The second-order valence-electron chi connectivity index (χ2n) is 2.81. The summed E-state index contributed by atoms with van der Waals surface area (Å²) in [7, 11) is 1.71. The van der Waals surface area contributed by atoms with Crippen LogP contribution in [0.4, 0.5) is 0 Å². The number of aromatic amines is 1. The minimum Gasteiger partial charge on any atom is -0.383 e. The van der Waals surface area contributed by atoms with Gasteiger partial charge in [-0.1, -0.05) is 0 Å². The zero-order valence-corrected chi connectivity index (χ0v) is 7.63. The maximum Gasteiger partial charge on any atom is 0.0587 e. The summed E-state index contributed by atoms with van der Waals surface area (Å²) < 4.78 is 4.94. The van der Waals surface area contributed by atoms with Gasteiger partial charge in [-0.25, -0.2) is 0 Å². The van der Waals surface area contributed by atoms with E-state index in [0.29, 0.717) is 6.04 Å². The highest BCUT2D eigenvalue weighted by molar-refractivity contribution is 5.12. The smallest absolute Gasteiger partial charge is 0.0587 e. The molecule has 1 aromatic heterocycles. The van der Waals surface area contributed by atoms with Crippen molar-refractivity contribution in [3.05, 3.63) is 24.0 Å². The van der Waals surface area contributed by atoms with Crippen LogP contribution in [0.15, 0.2) is 18.5 Å². The van der Waals surface area contributed by atoms with Gasteiger partial charge in [0, 0.05) is 32.1 Å². The van der Waals surface area contributed by atoms with Crippen LogP contribution in [0.1, 0.15) is 18.5 Å². The standard InChI is InChI=1S/C9H16N2O/c1-8(11-5-6-12-2)9-3-4-10-7-9/h3-4,7-8,10-11H,5-6H2,1-2H3. The van der Waals surface area contributed by atoms with E-state index in [1.54, 1.807) is 7.11 Å². The van der Waals surface area contributed by atoms with Gasteiger partial charge < -0.3 is 15.0 Å². The summed E-state index contributed by atoms with van der Waals surface area (Å²) in [5, 5.41) is 3.34. The Morgan fingerprint density at radius 3 is 3.08 bits per heavy atom. The van der Waals surface area contributed by atoms with Crippen molar-refractivity contribution < 1.29 is 4.74 Å². The van der Waals surface area contributed by atoms with Gasteiger partial charge in [0.15, 0.2) is 0 Å². The highest BCUT2D eigenvalue weighted by Gasteiger charge is 2.02. The summed E-state index contributed by atoms with van der Waals surface area (Å²) in [6.07, 6.45) is 3.94. The lowest BCUT2D eigenvalue weighted by Gasteiger charge is -2.11. The molecule has 0 fully saturated rings. The zero-order valence-electron chi connectivity index (χ0n) is 7.63. The second-order valence-corrected chi connectivity index (χ2v) is 2.81. The van der Waals surface area contributed by atoms with Crippen molar-refractivity contribution in [3.8, 4) is 0 Å². The zero-order chi connectivity index (χ0) is 8.81. The van der Waals surface area contributed by atoms with Gasteiger partial charge in [0.1, 0.15) is 0 Å². The lowest BCUT2D eigenvalue weighted by molar-refractivity contribution is 0.196. The number of rotatable bonds is 5. The van der Waals surface area contributed by atoms with Crippen LogP contribution in [0.2, 0.25) is 0 Å². The molecule has 0 radical (unpaired) electrons. The maximum atomic E-state index is 4.94. The van der Waals surface area contributed by atoms with Gasteiger partial charge in [-0.05, 0) is 18.6 Å². The Balaban J connectivity index is 2.25. The van der Waals surface area contributed by atoms with Crippen LogP contribution < -0.4 is 5.32 Å². The van der Waals surface area contributed by atoms with E-state index in [1.165, 1.54) is 5.56 Å². The molecular formula is C9H16N2O. The van der Waals surface area contributed by atoms with E-state index in [-0.39, 0.29) is 0 Å². The molecule has 3 nitrogen and oxygen atoms in total. The SMILES string of the molecule is COCCNC(C)c1cc[nH]c1. The molecule has 12 heavy (non-hydrogen) atoms. The van der Waals surface area contributed by atoms with E-state index in [4.69, 9.17) is 4.74 Å². The quantitative estimate of drug-likeness (QED) is 0.650. The number of H-pyrrole nitrogens is 1. The highest BCUT2D eigenvalue weighted by atomic mass is 16.5. The number of ether oxygens (including phenoxy) is 1. The Hall–Kier alpha value is -0.800. The first kappa shape index (κ1) is 9.29. The Morgan fingerprint density at radius 1 is 1.67 bits per heavy atom. The second kappa shape index (κ2) is 4.95. The predicted octanol–water partition coefficient (Wildman–Crippen LogP) is 1.31. The molecule has 1 unspecified atom stereocenters. The average Bonchev–Trinajstić information content (AvgIpc) is 2.56. The van der Waals surface area contributed by atoms with Crippen LogP contribution in [0.3, 0.4) is 0 Å². The van der Waals surface area contributed by atoms with Crippen molar-refractivity contribution in [2.45, 2.75) is 13.0 Å². The molecule has 0 saturated heterocycles. The van der Waals surface area contributed by atoms with Gasteiger partial charge in [0.25, 0.3) is 0 Å². The monoisotopic (exact) mass is 168 g/mol. The Bertz CT molecular complexity index is 196. The third kappa shape index (κ3) is 2.68. The van der Waals surface area contributed by atoms with E-state index in [9.17, 15) is 0 Å². The topological polar surface area (TPSA) is 37.0 Å². The lowest BCUT2D eigenvalue weighted by Crippen LogP contribution is -2.22. The van der Waals surface area contributed by atoms with Crippen molar-refractivity contribution in [1.82, 2.24) is 10.3 Å². The van der Waals surface area contributed by atoms with E-state index in [1.807, 2.05) is 12.4 Å². The lowest BCUT2D eigenvalue weighted by atomic mass is 10.2. The molecular weight excluding hydrogens is 152 g/mol. The summed E-state index contributed by atoms with van der Waals surface area (Å²) in [6.45, 7) is 3.79. The normalized spacial score (nSPS) is 13.2. The predicted molar refractivity (Wildman–Crippen MR) is 49.1 cm³/mol. The molecule has 0 spiro atoms. The van der Waals surface area contributed by atoms with Crippen LogP contribution in [-0.2, 0) is 4.74 Å². The van der Waals surface area contributed by atoms with E-state index < -0.39 is 0 Å². The van der Waals surface area contributed by atoms with Crippen LogP contribution >= 0.6 is 0 Å². The molecule has 2 N–H and O–H groups in total. The minimum atomic E-state index is 0.395. The van der Waals surface area contributed by atoms with Gasteiger partial charge in [0.05, 0.1) is 6.61 Å². The third-order valence-electron chi connectivity index (χ3n) is 1.88. The van der Waals surface area contributed by atoms with Crippen molar-refractivity contribution in [2.75, 3.05) is 20.3 Å². The summed E-state index contributed by atoms with van der Waals surface area (Å²) in [4.78, 5) is 3.03. The van der Waals surface area contributed by atoms with E-state index >= 15 is 0 Å².